The first kappa shape index (κ1) is 20.7. The van der Waals surface area contributed by atoms with Crippen LogP contribution in [0.3, 0.4) is 0 Å². The highest BCUT2D eigenvalue weighted by Gasteiger charge is 2.38. The van der Waals surface area contributed by atoms with Crippen LogP contribution < -0.4 is 10.5 Å². The highest BCUT2D eigenvalue weighted by atomic mass is 19.4. The number of nitrogen functional groups attached to an aromatic ring is 1. The smallest absolute Gasteiger partial charge is 0.490 e. The predicted octanol–water partition coefficient (Wildman–Crippen LogP) is 3.42. The standard InChI is InChI=1S/C14H12FNO3.C2HF3O2/c1-19-9-3-4-10(12(15)7-9)8-2-5-13(16)11(6-8)14(17)18;3-2(4,5)1(6)7/h2-7H,16H2,1H3,(H,17,18);(H,6,7). The molecule has 0 aliphatic heterocycles. The summed E-state index contributed by atoms with van der Waals surface area (Å²) in [7, 11) is 1.44. The minimum absolute atomic E-state index is 0.0484. The molecule has 0 saturated carbocycles. The molecule has 0 fully saturated rings. The Kier molecular flexibility index (Phi) is 6.53. The van der Waals surface area contributed by atoms with E-state index in [1.165, 1.54) is 31.4 Å². The molecule has 10 heteroatoms. The normalized spacial score (nSPS) is 10.5. The minimum Gasteiger partial charge on any atom is -0.497 e. The number of aromatic carboxylic acids is 1. The molecule has 0 bridgehead atoms. The number of nitrogens with two attached hydrogens (primary N) is 1. The number of halogens is 4. The maximum atomic E-state index is 13.9. The highest BCUT2D eigenvalue weighted by Crippen LogP contribution is 2.28. The molecule has 2 rings (SSSR count). The number of alkyl halides is 3. The van der Waals surface area contributed by atoms with Crippen molar-refractivity contribution in [3.8, 4) is 16.9 Å². The van der Waals surface area contributed by atoms with E-state index in [-0.39, 0.29) is 11.3 Å². The number of aliphatic carboxylic acids is 1. The van der Waals surface area contributed by atoms with Crippen molar-refractivity contribution < 1.29 is 42.1 Å². The molecule has 26 heavy (non-hydrogen) atoms. The zero-order valence-corrected chi connectivity index (χ0v) is 13.2. The Morgan fingerprint density at radius 2 is 1.65 bits per heavy atom. The molecule has 0 amide bonds. The molecule has 0 aromatic heterocycles. The van der Waals surface area contributed by atoms with Crippen LogP contribution in [-0.4, -0.2) is 35.4 Å². The number of anilines is 1. The van der Waals surface area contributed by atoms with Crippen LogP contribution in [0.15, 0.2) is 36.4 Å². The number of methoxy groups -OCH3 is 1. The third-order valence-corrected chi connectivity index (χ3v) is 3.01. The first-order valence-corrected chi connectivity index (χ1v) is 6.74. The van der Waals surface area contributed by atoms with Crippen molar-refractivity contribution in [3.63, 3.8) is 0 Å². The molecule has 4 N–H and O–H groups in total. The van der Waals surface area contributed by atoms with Gasteiger partial charge in [0.1, 0.15) is 11.6 Å². The van der Waals surface area contributed by atoms with Gasteiger partial charge in [0.25, 0.3) is 0 Å². The molecule has 0 spiro atoms. The van der Waals surface area contributed by atoms with E-state index in [1.54, 1.807) is 12.1 Å². The van der Waals surface area contributed by atoms with Gasteiger partial charge in [-0.3, -0.25) is 0 Å². The summed E-state index contributed by atoms with van der Waals surface area (Å²) in [6.45, 7) is 0. The van der Waals surface area contributed by atoms with Crippen LogP contribution in [0.1, 0.15) is 10.4 Å². The molecule has 0 atom stereocenters. The summed E-state index contributed by atoms with van der Waals surface area (Å²) in [6, 6.07) is 8.75. The van der Waals surface area contributed by atoms with Gasteiger partial charge in [0.05, 0.1) is 12.7 Å². The van der Waals surface area contributed by atoms with Gasteiger partial charge < -0.3 is 20.7 Å². The number of carboxylic acids is 2. The lowest BCUT2D eigenvalue weighted by molar-refractivity contribution is -0.192. The zero-order valence-electron chi connectivity index (χ0n) is 13.2. The fourth-order valence-corrected chi connectivity index (χ4v) is 1.77. The van der Waals surface area contributed by atoms with E-state index < -0.39 is 23.9 Å². The molecular weight excluding hydrogens is 362 g/mol. The third kappa shape index (κ3) is 5.36. The lowest BCUT2D eigenvalue weighted by Crippen LogP contribution is -2.21. The van der Waals surface area contributed by atoms with Crippen LogP contribution in [0.4, 0.5) is 23.2 Å². The summed E-state index contributed by atoms with van der Waals surface area (Å²) in [5, 5.41) is 16.1. The molecule has 0 heterocycles. The first-order valence-electron chi connectivity index (χ1n) is 6.74. The van der Waals surface area contributed by atoms with Crippen molar-refractivity contribution in [2.75, 3.05) is 12.8 Å². The van der Waals surface area contributed by atoms with Gasteiger partial charge in [-0.1, -0.05) is 6.07 Å². The summed E-state index contributed by atoms with van der Waals surface area (Å²) < 4.78 is 50.5. The summed E-state index contributed by atoms with van der Waals surface area (Å²) in [4.78, 5) is 19.9. The van der Waals surface area contributed by atoms with Crippen molar-refractivity contribution in [2.45, 2.75) is 6.18 Å². The van der Waals surface area contributed by atoms with Gasteiger partial charge in [0.15, 0.2) is 0 Å². The number of ether oxygens (including phenoxy) is 1. The fourth-order valence-electron chi connectivity index (χ4n) is 1.77. The minimum atomic E-state index is -5.08. The van der Waals surface area contributed by atoms with Crippen LogP contribution >= 0.6 is 0 Å². The Bertz CT molecular complexity index is 821. The number of benzene rings is 2. The Morgan fingerprint density at radius 1 is 1.08 bits per heavy atom. The zero-order chi connectivity index (χ0) is 20.1. The molecule has 0 aliphatic rings. The first-order chi connectivity index (χ1) is 12.0. The second-order valence-electron chi connectivity index (χ2n) is 4.76. The largest absolute Gasteiger partial charge is 0.497 e. The maximum Gasteiger partial charge on any atom is 0.490 e. The third-order valence-electron chi connectivity index (χ3n) is 3.01. The van der Waals surface area contributed by atoms with E-state index >= 15 is 0 Å². The van der Waals surface area contributed by atoms with Gasteiger partial charge in [0.2, 0.25) is 0 Å². The average molecular weight is 375 g/mol. The van der Waals surface area contributed by atoms with E-state index in [9.17, 15) is 22.4 Å². The lowest BCUT2D eigenvalue weighted by Gasteiger charge is -2.08. The summed E-state index contributed by atoms with van der Waals surface area (Å²) >= 11 is 0. The van der Waals surface area contributed by atoms with E-state index in [0.29, 0.717) is 16.9 Å². The Labute approximate surface area is 144 Å². The van der Waals surface area contributed by atoms with Crippen LogP contribution in [-0.2, 0) is 4.79 Å². The second-order valence-corrected chi connectivity index (χ2v) is 4.76. The number of hydrogen-bond acceptors (Lipinski definition) is 4. The fraction of sp³-hybridized carbons (Fsp3) is 0.125. The Morgan fingerprint density at radius 3 is 2.08 bits per heavy atom. The SMILES string of the molecule is COc1ccc(-c2ccc(N)c(C(=O)O)c2)c(F)c1.O=C(O)C(F)(F)F. The van der Waals surface area contributed by atoms with E-state index in [2.05, 4.69) is 0 Å². The van der Waals surface area contributed by atoms with Crippen molar-refractivity contribution in [1.29, 1.82) is 0 Å². The van der Waals surface area contributed by atoms with E-state index in [1.807, 2.05) is 0 Å². The molecule has 0 radical (unpaired) electrons. The number of rotatable bonds is 3. The molecule has 0 unspecified atom stereocenters. The molecule has 2 aromatic carbocycles. The van der Waals surface area contributed by atoms with Crippen molar-refractivity contribution >= 4 is 17.6 Å². The maximum absolute atomic E-state index is 13.9. The summed E-state index contributed by atoms with van der Waals surface area (Å²) in [5.74, 6) is -3.99. The molecule has 6 nitrogen and oxygen atoms in total. The van der Waals surface area contributed by atoms with Crippen molar-refractivity contribution in [3.05, 3.63) is 47.8 Å². The predicted molar refractivity (Wildman–Crippen MR) is 83.5 cm³/mol. The van der Waals surface area contributed by atoms with E-state index in [0.717, 1.165) is 0 Å². The number of hydrogen-bond donors (Lipinski definition) is 3. The average Bonchev–Trinajstić information content (AvgIpc) is 2.54. The van der Waals surface area contributed by atoms with Gasteiger partial charge in [-0.25, -0.2) is 14.0 Å². The van der Waals surface area contributed by atoms with Crippen molar-refractivity contribution in [1.82, 2.24) is 0 Å². The highest BCUT2D eigenvalue weighted by molar-refractivity contribution is 5.95. The van der Waals surface area contributed by atoms with Gasteiger partial charge in [-0.05, 0) is 29.8 Å². The molecular formula is C16H13F4NO5. The van der Waals surface area contributed by atoms with Gasteiger partial charge >= 0.3 is 18.1 Å². The van der Waals surface area contributed by atoms with Crippen molar-refractivity contribution in [2.24, 2.45) is 0 Å². The second kappa shape index (κ2) is 8.19. The Hall–Kier alpha value is -3.30. The molecule has 140 valence electrons. The van der Waals surface area contributed by atoms with Crippen LogP contribution in [0.25, 0.3) is 11.1 Å². The van der Waals surface area contributed by atoms with E-state index in [4.69, 9.17) is 25.5 Å². The van der Waals surface area contributed by atoms with Gasteiger partial charge in [-0.2, -0.15) is 13.2 Å². The molecule has 0 aliphatic carbocycles. The van der Waals surface area contributed by atoms with Crippen LogP contribution in [0.2, 0.25) is 0 Å². The lowest BCUT2D eigenvalue weighted by atomic mass is 10.0. The summed E-state index contributed by atoms with van der Waals surface area (Å²) in [6.07, 6.45) is -5.08. The van der Waals surface area contributed by atoms with Crippen LogP contribution in [0.5, 0.6) is 5.75 Å². The number of carboxylic acid groups (broad SMARTS) is 2. The molecule has 0 saturated heterocycles. The van der Waals surface area contributed by atoms with Gasteiger partial charge in [-0.15, -0.1) is 0 Å². The quantitative estimate of drug-likeness (QED) is 0.560. The number of carbonyl (C=O) groups is 2. The topological polar surface area (TPSA) is 110 Å². The van der Waals surface area contributed by atoms with Gasteiger partial charge in [0, 0.05) is 17.3 Å². The van der Waals surface area contributed by atoms with Crippen LogP contribution in [0, 0.1) is 5.82 Å². The molecule has 2 aromatic rings. The Balaban J connectivity index is 0.000000412. The monoisotopic (exact) mass is 375 g/mol. The summed E-state index contributed by atoms with van der Waals surface area (Å²) in [5.41, 5.74) is 6.40.